The van der Waals surface area contributed by atoms with Crippen molar-refractivity contribution in [1.82, 2.24) is 0 Å². The number of benzene rings is 2. The molecule has 0 atom stereocenters. The van der Waals surface area contributed by atoms with Gasteiger partial charge in [0, 0.05) is 17.8 Å². The number of anilines is 2. The van der Waals surface area contributed by atoms with Gasteiger partial charge in [-0.25, -0.2) is 4.39 Å². The number of carbonyl (C=O) groups is 2. The molecule has 1 heterocycles. The summed E-state index contributed by atoms with van der Waals surface area (Å²) in [6.07, 6.45) is 0.846. The summed E-state index contributed by atoms with van der Waals surface area (Å²) in [6, 6.07) is 11.2. The van der Waals surface area contributed by atoms with Gasteiger partial charge in [0.25, 0.3) is 0 Å². The number of rotatable bonds is 6. The number of halogens is 1. The molecule has 0 aliphatic carbocycles. The van der Waals surface area contributed by atoms with Gasteiger partial charge in [-0.3, -0.25) is 9.59 Å². The second-order valence-corrected chi connectivity index (χ2v) is 6.79. The van der Waals surface area contributed by atoms with Gasteiger partial charge in [-0.05, 0) is 68.3 Å². The molecule has 2 aromatic carbocycles. The van der Waals surface area contributed by atoms with Crippen molar-refractivity contribution in [3.63, 3.8) is 0 Å². The molecule has 136 valence electrons. The van der Waals surface area contributed by atoms with E-state index in [4.69, 9.17) is 4.74 Å². The number of hydrogen-bond donors (Lipinski definition) is 2. The van der Waals surface area contributed by atoms with E-state index >= 15 is 0 Å². The fraction of sp³-hybridized carbons (Fsp3) is 0.300. The molecule has 0 radical (unpaired) electrons. The van der Waals surface area contributed by atoms with Crippen LogP contribution in [-0.2, 0) is 15.0 Å². The van der Waals surface area contributed by atoms with Crippen molar-refractivity contribution in [2.75, 3.05) is 17.2 Å². The molecule has 1 aliphatic heterocycles. The van der Waals surface area contributed by atoms with Gasteiger partial charge in [-0.15, -0.1) is 0 Å². The predicted molar refractivity (Wildman–Crippen MR) is 97.9 cm³/mol. The molecule has 6 heteroatoms. The lowest BCUT2D eigenvalue weighted by Crippen LogP contribution is -2.26. The smallest absolute Gasteiger partial charge is 0.234 e. The number of amides is 2. The van der Waals surface area contributed by atoms with Gasteiger partial charge in [-0.1, -0.05) is 0 Å². The van der Waals surface area contributed by atoms with E-state index in [0.717, 1.165) is 11.3 Å². The molecule has 2 N–H and O–H groups in total. The number of fused-ring (bicyclic) bond motifs is 1. The third-order valence-electron chi connectivity index (χ3n) is 4.42. The fourth-order valence-corrected chi connectivity index (χ4v) is 2.83. The number of hydrogen-bond acceptors (Lipinski definition) is 3. The minimum atomic E-state index is -0.612. The average molecular weight is 356 g/mol. The van der Waals surface area contributed by atoms with E-state index in [1.54, 1.807) is 24.3 Å². The third kappa shape index (κ3) is 3.85. The fourth-order valence-electron chi connectivity index (χ4n) is 2.83. The molecule has 0 saturated heterocycles. The van der Waals surface area contributed by atoms with Crippen molar-refractivity contribution in [3.8, 4) is 5.75 Å². The van der Waals surface area contributed by atoms with Crippen LogP contribution < -0.4 is 15.4 Å². The summed E-state index contributed by atoms with van der Waals surface area (Å²) in [6.45, 7) is 4.08. The number of ether oxygens (including phenoxy) is 1. The first-order chi connectivity index (χ1) is 12.4. The molecule has 2 amide bonds. The average Bonchev–Trinajstić information content (AvgIpc) is 2.83. The molecule has 0 unspecified atom stereocenters. The zero-order valence-electron chi connectivity index (χ0n) is 14.8. The second-order valence-electron chi connectivity index (χ2n) is 6.79. The summed E-state index contributed by atoms with van der Waals surface area (Å²) in [4.78, 5) is 24.1. The quantitative estimate of drug-likeness (QED) is 0.773. The highest BCUT2D eigenvalue weighted by atomic mass is 19.1. The van der Waals surface area contributed by atoms with Crippen LogP contribution in [0.5, 0.6) is 5.75 Å². The highest BCUT2D eigenvalue weighted by molar-refractivity contribution is 6.06. The first-order valence-electron chi connectivity index (χ1n) is 8.50. The van der Waals surface area contributed by atoms with Gasteiger partial charge in [0.15, 0.2) is 0 Å². The first kappa shape index (κ1) is 17.9. The van der Waals surface area contributed by atoms with Crippen molar-refractivity contribution in [2.24, 2.45) is 0 Å². The standard InChI is InChI=1S/C20H21FN2O3/c1-20(2)16-12-14(7-10-17(16)23-19(20)25)22-18(24)4-3-11-26-15-8-5-13(21)6-9-15/h5-10,12H,3-4,11H2,1-2H3,(H,22,24)(H,23,25). The van der Waals surface area contributed by atoms with Crippen LogP contribution in [0.1, 0.15) is 32.3 Å². The van der Waals surface area contributed by atoms with Gasteiger partial charge in [-0.2, -0.15) is 0 Å². The van der Waals surface area contributed by atoms with E-state index in [2.05, 4.69) is 10.6 Å². The minimum Gasteiger partial charge on any atom is -0.494 e. The molecule has 2 aromatic rings. The normalized spacial score (nSPS) is 14.5. The van der Waals surface area contributed by atoms with Crippen LogP contribution in [-0.4, -0.2) is 18.4 Å². The third-order valence-corrected chi connectivity index (χ3v) is 4.42. The largest absolute Gasteiger partial charge is 0.494 e. The van der Waals surface area contributed by atoms with E-state index in [0.29, 0.717) is 30.9 Å². The van der Waals surface area contributed by atoms with E-state index in [1.165, 1.54) is 12.1 Å². The molecule has 3 rings (SSSR count). The van der Waals surface area contributed by atoms with E-state index in [-0.39, 0.29) is 17.6 Å². The lowest BCUT2D eigenvalue weighted by atomic mass is 9.86. The minimum absolute atomic E-state index is 0.0473. The van der Waals surface area contributed by atoms with Crippen LogP contribution in [0.2, 0.25) is 0 Å². The highest BCUT2D eigenvalue weighted by Crippen LogP contribution is 2.38. The Morgan fingerprint density at radius 1 is 1.19 bits per heavy atom. The lowest BCUT2D eigenvalue weighted by molar-refractivity contribution is -0.119. The maximum absolute atomic E-state index is 12.8. The van der Waals surface area contributed by atoms with E-state index < -0.39 is 5.41 Å². The van der Waals surface area contributed by atoms with Crippen LogP contribution in [0.15, 0.2) is 42.5 Å². The van der Waals surface area contributed by atoms with Crippen molar-refractivity contribution in [1.29, 1.82) is 0 Å². The maximum atomic E-state index is 12.8. The van der Waals surface area contributed by atoms with Gasteiger partial charge >= 0.3 is 0 Å². The zero-order chi connectivity index (χ0) is 18.7. The molecule has 0 aromatic heterocycles. The van der Waals surface area contributed by atoms with Crippen LogP contribution in [0.25, 0.3) is 0 Å². The Kier molecular flexibility index (Phi) is 4.93. The summed E-state index contributed by atoms with van der Waals surface area (Å²) in [5.74, 6) is 0.0904. The van der Waals surface area contributed by atoms with Crippen LogP contribution in [0.4, 0.5) is 15.8 Å². The Hall–Kier alpha value is -2.89. The second kappa shape index (κ2) is 7.15. The molecular weight excluding hydrogens is 335 g/mol. The summed E-state index contributed by atoms with van der Waals surface area (Å²) in [7, 11) is 0. The monoisotopic (exact) mass is 356 g/mol. The Morgan fingerprint density at radius 2 is 1.92 bits per heavy atom. The van der Waals surface area contributed by atoms with E-state index in [1.807, 2.05) is 19.9 Å². The number of nitrogens with one attached hydrogen (secondary N) is 2. The van der Waals surface area contributed by atoms with Gasteiger partial charge < -0.3 is 15.4 Å². The van der Waals surface area contributed by atoms with Crippen molar-refractivity contribution >= 4 is 23.2 Å². The topological polar surface area (TPSA) is 67.4 Å². The van der Waals surface area contributed by atoms with Crippen molar-refractivity contribution in [3.05, 3.63) is 53.8 Å². The Balaban J connectivity index is 1.49. The molecule has 5 nitrogen and oxygen atoms in total. The maximum Gasteiger partial charge on any atom is 0.234 e. The van der Waals surface area contributed by atoms with Crippen LogP contribution >= 0.6 is 0 Å². The van der Waals surface area contributed by atoms with Crippen LogP contribution in [0, 0.1) is 5.82 Å². The van der Waals surface area contributed by atoms with E-state index in [9.17, 15) is 14.0 Å². The molecule has 26 heavy (non-hydrogen) atoms. The molecule has 0 bridgehead atoms. The summed E-state index contributed by atoms with van der Waals surface area (Å²) >= 11 is 0. The SMILES string of the molecule is CC1(C)C(=O)Nc2ccc(NC(=O)CCCOc3ccc(F)cc3)cc21. The predicted octanol–water partition coefficient (Wildman–Crippen LogP) is 3.85. The van der Waals surface area contributed by atoms with Gasteiger partial charge in [0.2, 0.25) is 11.8 Å². The molecular formula is C20H21FN2O3. The lowest BCUT2D eigenvalue weighted by Gasteiger charge is -2.16. The Labute approximate surface area is 151 Å². The highest BCUT2D eigenvalue weighted by Gasteiger charge is 2.38. The molecule has 1 aliphatic rings. The Morgan fingerprint density at radius 3 is 2.65 bits per heavy atom. The molecule has 0 fully saturated rings. The first-order valence-corrected chi connectivity index (χ1v) is 8.50. The summed E-state index contributed by atoms with van der Waals surface area (Å²) < 4.78 is 18.3. The van der Waals surface area contributed by atoms with Crippen LogP contribution in [0.3, 0.4) is 0 Å². The van der Waals surface area contributed by atoms with Gasteiger partial charge in [0.05, 0.1) is 12.0 Å². The van der Waals surface area contributed by atoms with Crippen molar-refractivity contribution < 1.29 is 18.7 Å². The molecule has 0 spiro atoms. The zero-order valence-corrected chi connectivity index (χ0v) is 14.8. The molecule has 0 saturated carbocycles. The summed E-state index contributed by atoms with van der Waals surface area (Å²) in [5.41, 5.74) is 1.71. The summed E-state index contributed by atoms with van der Waals surface area (Å²) in [5, 5.41) is 5.68. The number of carbonyl (C=O) groups excluding carboxylic acids is 2. The Bertz CT molecular complexity index is 831. The van der Waals surface area contributed by atoms with Gasteiger partial charge in [0.1, 0.15) is 11.6 Å². The van der Waals surface area contributed by atoms with Crippen molar-refractivity contribution in [2.45, 2.75) is 32.1 Å².